The molecule has 7 aromatic carbocycles. The molecule has 0 spiro atoms. The van der Waals surface area contributed by atoms with E-state index in [1.165, 1.54) is 53.6 Å². The molecule has 0 aliphatic heterocycles. The minimum atomic E-state index is 0.665. The molecule has 0 fully saturated rings. The van der Waals surface area contributed by atoms with Crippen LogP contribution in [-0.4, -0.2) is 14.5 Å². The standard InChI is InChI=1S/C46H29N3S/c1-3-11-30(12-4-1)31-19-22-34(23-20-31)45-36-15-7-9-17-39(36)47-46(48-45)49-40-18-10-8-16-37(40)44-38-29-35(24-21-32(38)25-26-41(44)49)43-28-27-42(50-43)33-13-5-2-6-14-33/h1-29H. The molecule has 0 amide bonds. The Balaban J connectivity index is 1.16. The molecule has 0 saturated carbocycles. The Labute approximate surface area is 293 Å². The molecule has 0 aliphatic carbocycles. The van der Waals surface area contributed by atoms with Gasteiger partial charge >= 0.3 is 0 Å². The minimum Gasteiger partial charge on any atom is -0.278 e. The molecule has 3 aromatic heterocycles. The van der Waals surface area contributed by atoms with Crippen LogP contribution < -0.4 is 0 Å². The van der Waals surface area contributed by atoms with Crippen LogP contribution in [0.3, 0.4) is 0 Å². The molecule has 3 nitrogen and oxygen atoms in total. The minimum absolute atomic E-state index is 0.665. The van der Waals surface area contributed by atoms with Crippen LogP contribution in [0.1, 0.15) is 0 Å². The molecule has 3 heterocycles. The Morgan fingerprint density at radius 1 is 0.400 bits per heavy atom. The van der Waals surface area contributed by atoms with Gasteiger partial charge in [0.15, 0.2) is 0 Å². The van der Waals surface area contributed by atoms with Crippen molar-refractivity contribution < 1.29 is 0 Å². The predicted octanol–water partition coefficient (Wildman–Crippen LogP) is 12.6. The normalized spacial score (nSPS) is 11.6. The van der Waals surface area contributed by atoms with Gasteiger partial charge in [-0.2, -0.15) is 0 Å². The van der Waals surface area contributed by atoms with Crippen LogP contribution in [0.15, 0.2) is 176 Å². The molecule has 10 aromatic rings. The third-order valence-corrected chi connectivity index (χ3v) is 10.8. The highest BCUT2D eigenvalue weighted by Gasteiger charge is 2.19. The Bertz CT molecular complexity index is 2850. The zero-order valence-corrected chi connectivity index (χ0v) is 27.8. The highest BCUT2D eigenvalue weighted by atomic mass is 32.1. The van der Waals surface area contributed by atoms with E-state index in [1.54, 1.807) is 0 Å². The molecule has 0 bridgehead atoms. The third kappa shape index (κ3) is 4.73. The SMILES string of the molecule is c1ccc(-c2ccc(-c3nc(-n4c5ccccc5c5c6cc(-c7ccc(-c8ccccc8)s7)ccc6ccc54)nc4ccccc34)cc2)cc1. The summed E-state index contributed by atoms with van der Waals surface area (Å²) in [6.45, 7) is 0. The molecule has 0 unspecified atom stereocenters. The van der Waals surface area contributed by atoms with Crippen LogP contribution in [-0.2, 0) is 0 Å². The van der Waals surface area contributed by atoms with Gasteiger partial charge in [0.25, 0.3) is 0 Å². The fourth-order valence-electron chi connectivity index (χ4n) is 7.24. The number of nitrogens with zero attached hydrogens (tertiary/aromatic N) is 3. The lowest BCUT2D eigenvalue weighted by atomic mass is 10.0. The molecular formula is C46H29N3S. The van der Waals surface area contributed by atoms with Crippen molar-refractivity contribution in [1.82, 2.24) is 14.5 Å². The number of thiophene rings is 1. The summed E-state index contributed by atoms with van der Waals surface area (Å²) in [4.78, 5) is 13.1. The second-order valence-electron chi connectivity index (χ2n) is 12.6. The lowest BCUT2D eigenvalue weighted by molar-refractivity contribution is 1.01. The predicted molar refractivity (Wildman–Crippen MR) is 211 cm³/mol. The van der Waals surface area contributed by atoms with Crippen molar-refractivity contribution in [3.63, 3.8) is 0 Å². The van der Waals surface area contributed by atoms with E-state index in [-0.39, 0.29) is 0 Å². The Kier molecular flexibility index (Phi) is 6.68. The molecule has 0 saturated heterocycles. The Hall–Kier alpha value is -6.36. The topological polar surface area (TPSA) is 30.7 Å². The maximum atomic E-state index is 5.35. The fraction of sp³-hybridized carbons (Fsp3) is 0. The second kappa shape index (κ2) is 11.7. The summed E-state index contributed by atoms with van der Waals surface area (Å²) in [5, 5.41) is 5.87. The van der Waals surface area contributed by atoms with Crippen LogP contribution in [0.25, 0.3) is 92.7 Å². The highest BCUT2D eigenvalue weighted by Crippen LogP contribution is 2.41. The molecule has 50 heavy (non-hydrogen) atoms. The first-order valence-electron chi connectivity index (χ1n) is 16.8. The van der Waals surface area contributed by atoms with Crippen molar-refractivity contribution in [1.29, 1.82) is 0 Å². The van der Waals surface area contributed by atoms with Crippen LogP contribution in [0.4, 0.5) is 0 Å². The second-order valence-corrected chi connectivity index (χ2v) is 13.7. The zero-order chi connectivity index (χ0) is 33.0. The summed E-state index contributed by atoms with van der Waals surface area (Å²) >= 11 is 1.83. The van der Waals surface area contributed by atoms with Crippen LogP contribution in [0.5, 0.6) is 0 Å². The van der Waals surface area contributed by atoms with Crippen molar-refractivity contribution in [2.75, 3.05) is 0 Å². The summed E-state index contributed by atoms with van der Waals surface area (Å²) in [5.41, 5.74) is 9.92. The monoisotopic (exact) mass is 655 g/mol. The van der Waals surface area contributed by atoms with E-state index in [1.807, 2.05) is 17.4 Å². The molecule has 0 aliphatic rings. The van der Waals surface area contributed by atoms with Gasteiger partial charge in [0.1, 0.15) is 0 Å². The number of hydrogen-bond acceptors (Lipinski definition) is 3. The van der Waals surface area contributed by atoms with E-state index in [4.69, 9.17) is 9.97 Å². The summed E-state index contributed by atoms with van der Waals surface area (Å²) in [7, 11) is 0. The average Bonchev–Trinajstić information content (AvgIpc) is 3.82. The van der Waals surface area contributed by atoms with Crippen molar-refractivity contribution in [2.24, 2.45) is 0 Å². The first-order chi connectivity index (χ1) is 24.8. The molecule has 4 heteroatoms. The van der Waals surface area contributed by atoms with Gasteiger partial charge in [-0.3, -0.25) is 4.57 Å². The van der Waals surface area contributed by atoms with Gasteiger partial charge in [-0.25, -0.2) is 9.97 Å². The molecule has 10 rings (SSSR count). The Morgan fingerprint density at radius 3 is 1.80 bits per heavy atom. The van der Waals surface area contributed by atoms with E-state index in [9.17, 15) is 0 Å². The Morgan fingerprint density at radius 2 is 1.00 bits per heavy atom. The molecule has 0 radical (unpaired) electrons. The van der Waals surface area contributed by atoms with Crippen molar-refractivity contribution in [3.05, 3.63) is 176 Å². The maximum Gasteiger partial charge on any atom is 0.235 e. The van der Waals surface area contributed by atoms with E-state index >= 15 is 0 Å². The lowest BCUT2D eigenvalue weighted by Crippen LogP contribution is -2.03. The summed E-state index contributed by atoms with van der Waals surface area (Å²) < 4.78 is 2.24. The van der Waals surface area contributed by atoms with Gasteiger partial charge in [0.05, 0.1) is 22.2 Å². The van der Waals surface area contributed by atoms with E-state index in [0.717, 1.165) is 33.2 Å². The van der Waals surface area contributed by atoms with Crippen LogP contribution in [0.2, 0.25) is 0 Å². The quantitative estimate of drug-likeness (QED) is 0.185. The summed E-state index contributed by atoms with van der Waals surface area (Å²) in [6, 6.07) is 62.6. The summed E-state index contributed by atoms with van der Waals surface area (Å²) in [5.74, 6) is 0.665. The number of benzene rings is 7. The molecular weight excluding hydrogens is 627 g/mol. The fourth-order valence-corrected chi connectivity index (χ4v) is 8.25. The number of rotatable bonds is 5. The number of hydrogen-bond donors (Lipinski definition) is 0. The molecule has 234 valence electrons. The van der Waals surface area contributed by atoms with Crippen LogP contribution >= 0.6 is 11.3 Å². The van der Waals surface area contributed by atoms with Gasteiger partial charge < -0.3 is 0 Å². The first-order valence-corrected chi connectivity index (χ1v) is 17.6. The van der Waals surface area contributed by atoms with Gasteiger partial charge in [0, 0.05) is 31.5 Å². The van der Waals surface area contributed by atoms with Crippen molar-refractivity contribution in [3.8, 4) is 49.2 Å². The van der Waals surface area contributed by atoms with Crippen molar-refractivity contribution in [2.45, 2.75) is 0 Å². The third-order valence-electron chi connectivity index (χ3n) is 9.66. The number of aromatic nitrogens is 3. The highest BCUT2D eigenvalue weighted by molar-refractivity contribution is 7.18. The van der Waals surface area contributed by atoms with Gasteiger partial charge in [-0.15, -0.1) is 11.3 Å². The zero-order valence-electron chi connectivity index (χ0n) is 27.0. The van der Waals surface area contributed by atoms with E-state index < -0.39 is 0 Å². The maximum absolute atomic E-state index is 5.35. The molecule has 0 atom stereocenters. The van der Waals surface area contributed by atoms with Crippen molar-refractivity contribution >= 4 is 54.8 Å². The van der Waals surface area contributed by atoms with Gasteiger partial charge in [-0.1, -0.05) is 140 Å². The van der Waals surface area contributed by atoms with E-state index in [0.29, 0.717) is 5.95 Å². The lowest BCUT2D eigenvalue weighted by Gasteiger charge is -2.12. The average molecular weight is 656 g/mol. The first kappa shape index (κ1) is 28.6. The number of para-hydroxylation sites is 2. The van der Waals surface area contributed by atoms with Gasteiger partial charge in [0.2, 0.25) is 5.95 Å². The number of fused-ring (bicyclic) bond motifs is 6. The smallest absolute Gasteiger partial charge is 0.235 e. The van der Waals surface area contributed by atoms with Crippen LogP contribution in [0, 0.1) is 0 Å². The van der Waals surface area contributed by atoms with E-state index in [2.05, 4.69) is 174 Å². The summed E-state index contributed by atoms with van der Waals surface area (Å²) in [6.07, 6.45) is 0. The largest absolute Gasteiger partial charge is 0.278 e. The molecule has 0 N–H and O–H groups in total. The van der Waals surface area contributed by atoms with Gasteiger partial charge in [-0.05, 0) is 69.4 Å².